The highest BCUT2D eigenvalue weighted by molar-refractivity contribution is 5.25. The first kappa shape index (κ1) is 12.1. The summed E-state index contributed by atoms with van der Waals surface area (Å²) < 4.78 is 26.7. The average molecular weight is 215 g/mol. The van der Waals surface area contributed by atoms with Crippen molar-refractivity contribution < 1.29 is 13.9 Å². The molecule has 0 amide bonds. The Morgan fingerprint density at radius 3 is 2.33 bits per heavy atom. The highest BCUT2D eigenvalue weighted by Gasteiger charge is 2.29. The lowest BCUT2D eigenvalue weighted by molar-refractivity contribution is 0.0409. The summed E-state index contributed by atoms with van der Waals surface area (Å²) in [6.07, 6.45) is 0.251. The average Bonchev–Trinajstić information content (AvgIpc) is 2.14. The van der Waals surface area contributed by atoms with Gasteiger partial charge in [0, 0.05) is 0 Å². The van der Waals surface area contributed by atoms with Crippen LogP contribution < -0.4 is 5.32 Å². The fraction of sp³-hybridized carbons (Fsp3) is 0.455. The zero-order valence-corrected chi connectivity index (χ0v) is 8.85. The Kier molecular flexibility index (Phi) is 3.77. The van der Waals surface area contributed by atoms with Crippen molar-refractivity contribution in [3.05, 3.63) is 35.4 Å². The van der Waals surface area contributed by atoms with Crippen molar-refractivity contribution in [2.24, 2.45) is 0 Å². The maximum atomic E-state index is 13.4. The van der Waals surface area contributed by atoms with Gasteiger partial charge in [-0.3, -0.25) is 0 Å². The predicted molar refractivity (Wildman–Crippen MR) is 54.5 cm³/mol. The second-order valence-electron chi connectivity index (χ2n) is 3.72. The minimum atomic E-state index is -1.49. The van der Waals surface area contributed by atoms with Crippen LogP contribution >= 0.6 is 0 Å². The molecule has 84 valence electrons. The molecule has 0 saturated heterocycles. The number of hydrogen-bond donors (Lipinski definition) is 2. The molecule has 1 aromatic carbocycles. The van der Waals surface area contributed by atoms with Crippen LogP contribution in [0.3, 0.4) is 0 Å². The van der Waals surface area contributed by atoms with Crippen LogP contribution in [-0.4, -0.2) is 18.7 Å². The maximum absolute atomic E-state index is 13.4. The van der Waals surface area contributed by atoms with E-state index in [0.717, 1.165) is 12.1 Å². The van der Waals surface area contributed by atoms with E-state index in [-0.39, 0.29) is 12.0 Å². The lowest BCUT2D eigenvalue weighted by Crippen LogP contribution is -2.28. The molecule has 1 aromatic rings. The Hall–Kier alpha value is -1.00. The molecule has 0 bridgehead atoms. The maximum Gasteiger partial charge on any atom is 0.132 e. The third kappa shape index (κ3) is 2.73. The molecule has 2 N–H and O–H groups in total. The standard InChI is InChI=1S/C11H15F2NO/c1-11(15,6-7-14-2)10-8(12)4-3-5-9(10)13/h3-5,14-15H,6-7H2,1-2H3. The van der Waals surface area contributed by atoms with Gasteiger partial charge in [-0.25, -0.2) is 8.78 Å². The van der Waals surface area contributed by atoms with Crippen LogP contribution in [0, 0.1) is 11.6 Å². The summed E-state index contributed by atoms with van der Waals surface area (Å²) in [5.41, 5.74) is -1.75. The number of nitrogens with one attached hydrogen (secondary N) is 1. The van der Waals surface area contributed by atoms with E-state index in [2.05, 4.69) is 5.32 Å². The highest BCUT2D eigenvalue weighted by Crippen LogP contribution is 2.28. The second-order valence-corrected chi connectivity index (χ2v) is 3.72. The Morgan fingerprint density at radius 2 is 1.87 bits per heavy atom. The van der Waals surface area contributed by atoms with Gasteiger partial charge in [0.05, 0.1) is 11.2 Å². The molecule has 1 rings (SSSR count). The highest BCUT2D eigenvalue weighted by atomic mass is 19.1. The van der Waals surface area contributed by atoms with Crippen molar-refractivity contribution in [3.8, 4) is 0 Å². The minimum Gasteiger partial charge on any atom is -0.385 e. The summed E-state index contributed by atoms with van der Waals surface area (Å²) in [5.74, 6) is -1.42. The van der Waals surface area contributed by atoms with Gasteiger partial charge in [-0.05, 0) is 39.1 Å². The third-order valence-corrected chi connectivity index (χ3v) is 2.36. The topological polar surface area (TPSA) is 32.3 Å². The van der Waals surface area contributed by atoms with Gasteiger partial charge in [0.25, 0.3) is 0 Å². The largest absolute Gasteiger partial charge is 0.385 e. The van der Waals surface area contributed by atoms with Gasteiger partial charge in [-0.2, -0.15) is 0 Å². The molecule has 0 aliphatic rings. The summed E-state index contributed by atoms with van der Waals surface area (Å²) in [6, 6.07) is 3.57. The van der Waals surface area contributed by atoms with Gasteiger partial charge < -0.3 is 10.4 Å². The summed E-state index contributed by atoms with van der Waals surface area (Å²) >= 11 is 0. The quantitative estimate of drug-likeness (QED) is 0.802. The Balaban J connectivity index is 3.03. The Labute approximate surface area is 87.9 Å². The number of benzene rings is 1. The molecule has 0 aromatic heterocycles. The first-order chi connectivity index (χ1) is 6.99. The van der Waals surface area contributed by atoms with E-state index in [0.29, 0.717) is 6.54 Å². The van der Waals surface area contributed by atoms with E-state index < -0.39 is 17.2 Å². The number of aliphatic hydroxyl groups is 1. The van der Waals surface area contributed by atoms with Crippen LogP contribution in [0.2, 0.25) is 0 Å². The van der Waals surface area contributed by atoms with Crippen molar-refractivity contribution in [1.29, 1.82) is 0 Å². The first-order valence-corrected chi connectivity index (χ1v) is 4.80. The molecule has 2 nitrogen and oxygen atoms in total. The Bertz CT molecular complexity index is 319. The molecule has 1 unspecified atom stereocenters. The van der Waals surface area contributed by atoms with Gasteiger partial charge in [0.2, 0.25) is 0 Å². The van der Waals surface area contributed by atoms with Crippen molar-refractivity contribution in [3.63, 3.8) is 0 Å². The molecule has 0 spiro atoms. The lowest BCUT2D eigenvalue weighted by atomic mass is 9.91. The molecular formula is C11H15F2NO. The van der Waals surface area contributed by atoms with E-state index in [4.69, 9.17) is 0 Å². The predicted octanol–water partition coefficient (Wildman–Crippen LogP) is 1.78. The van der Waals surface area contributed by atoms with E-state index in [1.807, 2.05) is 0 Å². The minimum absolute atomic E-state index is 0.251. The SMILES string of the molecule is CNCCC(C)(O)c1c(F)cccc1F. The van der Waals surface area contributed by atoms with Crippen LogP contribution in [0.15, 0.2) is 18.2 Å². The Morgan fingerprint density at radius 1 is 1.33 bits per heavy atom. The molecule has 0 aliphatic heterocycles. The molecule has 15 heavy (non-hydrogen) atoms. The van der Waals surface area contributed by atoms with E-state index in [1.165, 1.54) is 13.0 Å². The molecule has 0 saturated carbocycles. The third-order valence-electron chi connectivity index (χ3n) is 2.36. The molecule has 1 atom stereocenters. The van der Waals surface area contributed by atoms with Crippen LogP contribution in [0.4, 0.5) is 8.78 Å². The lowest BCUT2D eigenvalue weighted by Gasteiger charge is -2.24. The van der Waals surface area contributed by atoms with Gasteiger partial charge in [0.15, 0.2) is 0 Å². The summed E-state index contributed by atoms with van der Waals surface area (Å²) in [6.45, 7) is 1.90. The van der Waals surface area contributed by atoms with E-state index in [1.54, 1.807) is 7.05 Å². The summed E-state index contributed by atoms with van der Waals surface area (Å²) in [7, 11) is 1.72. The van der Waals surface area contributed by atoms with E-state index in [9.17, 15) is 13.9 Å². The van der Waals surface area contributed by atoms with Crippen LogP contribution in [0.5, 0.6) is 0 Å². The molecular weight excluding hydrogens is 200 g/mol. The van der Waals surface area contributed by atoms with Crippen molar-refractivity contribution >= 4 is 0 Å². The number of hydrogen-bond acceptors (Lipinski definition) is 2. The fourth-order valence-corrected chi connectivity index (χ4v) is 1.51. The summed E-state index contributed by atoms with van der Waals surface area (Å²) in [5, 5.41) is 12.8. The van der Waals surface area contributed by atoms with Crippen molar-refractivity contribution in [1.82, 2.24) is 5.32 Å². The van der Waals surface area contributed by atoms with E-state index >= 15 is 0 Å². The monoisotopic (exact) mass is 215 g/mol. The molecule has 0 fully saturated rings. The van der Waals surface area contributed by atoms with Gasteiger partial charge in [0.1, 0.15) is 11.6 Å². The zero-order valence-electron chi connectivity index (χ0n) is 8.85. The number of rotatable bonds is 4. The van der Waals surface area contributed by atoms with Crippen molar-refractivity contribution in [2.75, 3.05) is 13.6 Å². The second kappa shape index (κ2) is 4.68. The van der Waals surface area contributed by atoms with Gasteiger partial charge in [-0.15, -0.1) is 0 Å². The molecule has 4 heteroatoms. The van der Waals surface area contributed by atoms with Gasteiger partial charge in [-0.1, -0.05) is 6.07 Å². The van der Waals surface area contributed by atoms with Crippen LogP contribution in [-0.2, 0) is 5.60 Å². The van der Waals surface area contributed by atoms with Crippen molar-refractivity contribution in [2.45, 2.75) is 18.9 Å². The normalized spacial score (nSPS) is 15.0. The van der Waals surface area contributed by atoms with Gasteiger partial charge >= 0.3 is 0 Å². The van der Waals surface area contributed by atoms with Crippen LogP contribution in [0.25, 0.3) is 0 Å². The van der Waals surface area contributed by atoms with Crippen LogP contribution in [0.1, 0.15) is 18.9 Å². The molecule has 0 radical (unpaired) electrons. The molecule has 0 heterocycles. The first-order valence-electron chi connectivity index (χ1n) is 4.80. The molecule has 0 aliphatic carbocycles. The zero-order chi connectivity index (χ0) is 11.5. The number of halogens is 2. The smallest absolute Gasteiger partial charge is 0.132 e. The summed E-state index contributed by atoms with van der Waals surface area (Å²) in [4.78, 5) is 0. The fourth-order valence-electron chi connectivity index (χ4n) is 1.51.